The summed E-state index contributed by atoms with van der Waals surface area (Å²) in [6.45, 7) is 1.90. The van der Waals surface area contributed by atoms with Gasteiger partial charge in [-0.25, -0.2) is 18.7 Å². The van der Waals surface area contributed by atoms with Crippen LogP contribution in [0.2, 0.25) is 0 Å². The van der Waals surface area contributed by atoms with Crippen molar-refractivity contribution in [3.63, 3.8) is 0 Å². The summed E-state index contributed by atoms with van der Waals surface area (Å²) in [6.07, 6.45) is 5.20. The van der Waals surface area contributed by atoms with Gasteiger partial charge in [0.1, 0.15) is 29.0 Å². The van der Waals surface area contributed by atoms with E-state index in [1.165, 1.54) is 30.7 Å². The molecule has 1 aliphatic heterocycles. The number of pyridine rings is 1. The molecule has 4 aromatic rings. The number of nitriles is 1. The van der Waals surface area contributed by atoms with E-state index in [-0.39, 0.29) is 11.4 Å². The van der Waals surface area contributed by atoms with E-state index in [0.717, 1.165) is 31.6 Å². The molecule has 0 amide bonds. The second-order valence-corrected chi connectivity index (χ2v) is 7.60. The SMILES string of the molecule is N#Cc1ccc(-c2nc3c(N4CCCCC4)ccnc3n2-c2ccc(F)cc2)cc1F. The van der Waals surface area contributed by atoms with Crippen molar-refractivity contribution in [2.45, 2.75) is 19.3 Å². The minimum absolute atomic E-state index is 0.0275. The molecule has 5 nitrogen and oxygen atoms in total. The third-order valence-corrected chi connectivity index (χ3v) is 5.65. The summed E-state index contributed by atoms with van der Waals surface area (Å²) in [4.78, 5) is 11.7. The molecule has 0 unspecified atom stereocenters. The normalized spacial score (nSPS) is 14.0. The number of hydrogen-bond acceptors (Lipinski definition) is 4. The maximum atomic E-state index is 14.4. The molecule has 1 saturated heterocycles. The standard InChI is InChI=1S/C24H19F2N5/c25-18-6-8-19(9-7-18)31-23(16-4-5-17(15-27)20(26)14-16)29-22-21(10-11-28-24(22)31)30-12-2-1-3-13-30/h4-11,14H,1-3,12-13H2. The largest absolute Gasteiger partial charge is 0.370 e. The molecule has 3 heterocycles. The smallest absolute Gasteiger partial charge is 0.167 e. The van der Waals surface area contributed by atoms with Gasteiger partial charge < -0.3 is 4.90 Å². The van der Waals surface area contributed by atoms with E-state index >= 15 is 0 Å². The second-order valence-electron chi connectivity index (χ2n) is 7.60. The summed E-state index contributed by atoms with van der Waals surface area (Å²) in [5, 5.41) is 9.07. The van der Waals surface area contributed by atoms with Crippen LogP contribution in [0.15, 0.2) is 54.7 Å². The molecule has 5 rings (SSSR count). The Bertz CT molecular complexity index is 1300. The van der Waals surface area contributed by atoms with Crippen LogP contribution in [0.3, 0.4) is 0 Å². The molecule has 1 fully saturated rings. The first-order chi connectivity index (χ1) is 15.2. The summed E-state index contributed by atoms with van der Waals surface area (Å²) < 4.78 is 29.8. The van der Waals surface area contributed by atoms with E-state index in [4.69, 9.17) is 10.2 Å². The van der Waals surface area contributed by atoms with Crippen molar-refractivity contribution in [1.82, 2.24) is 14.5 Å². The third kappa shape index (κ3) is 3.40. The first-order valence-corrected chi connectivity index (χ1v) is 10.2. The molecule has 154 valence electrons. The summed E-state index contributed by atoms with van der Waals surface area (Å²) >= 11 is 0. The summed E-state index contributed by atoms with van der Waals surface area (Å²) in [6, 6.07) is 14.3. The number of aromatic nitrogens is 3. The van der Waals surface area contributed by atoms with E-state index in [0.29, 0.717) is 28.2 Å². The van der Waals surface area contributed by atoms with Gasteiger partial charge in [0.05, 0.1) is 11.3 Å². The zero-order chi connectivity index (χ0) is 21.4. The average Bonchev–Trinajstić information content (AvgIpc) is 3.20. The number of piperidine rings is 1. The fraction of sp³-hybridized carbons (Fsp3) is 0.208. The Kier molecular flexibility index (Phi) is 4.83. The van der Waals surface area contributed by atoms with Gasteiger partial charge >= 0.3 is 0 Å². The number of fused-ring (bicyclic) bond motifs is 1. The predicted molar refractivity (Wildman–Crippen MR) is 115 cm³/mol. The van der Waals surface area contributed by atoms with Gasteiger partial charge in [0.25, 0.3) is 0 Å². The lowest BCUT2D eigenvalue weighted by Gasteiger charge is -2.28. The molecule has 1 aliphatic rings. The monoisotopic (exact) mass is 415 g/mol. The number of anilines is 1. The zero-order valence-corrected chi connectivity index (χ0v) is 16.7. The van der Waals surface area contributed by atoms with Crippen LogP contribution < -0.4 is 4.90 Å². The Morgan fingerprint density at radius 1 is 0.935 bits per heavy atom. The molecule has 0 bridgehead atoms. The topological polar surface area (TPSA) is 57.7 Å². The molecule has 31 heavy (non-hydrogen) atoms. The molecule has 7 heteroatoms. The van der Waals surface area contributed by atoms with Crippen molar-refractivity contribution in [3.8, 4) is 23.1 Å². The highest BCUT2D eigenvalue weighted by Crippen LogP contribution is 2.34. The van der Waals surface area contributed by atoms with Gasteiger partial charge in [-0.15, -0.1) is 0 Å². The fourth-order valence-electron chi connectivity index (χ4n) is 4.12. The van der Waals surface area contributed by atoms with Crippen molar-refractivity contribution in [2.75, 3.05) is 18.0 Å². The van der Waals surface area contributed by atoms with Crippen molar-refractivity contribution in [3.05, 3.63) is 71.9 Å². The number of hydrogen-bond donors (Lipinski definition) is 0. The van der Waals surface area contributed by atoms with Crippen LogP contribution >= 0.6 is 0 Å². The maximum Gasteiger partial charge on any atom is 0.167 e. The maximum absolute atomic E-state index is 14.4. The second kappa shape index (κ2) is 7.80. The quantitative estimate of drug-likeness (QED) is 0.460. The zero-order valence-electron chi connectivity index (χ0n) is 16.7. The van der Waals surface area contributed by atoms with Crippen LogP contribution in [0.25, 0.3) is 28.2 Å². The number of imidazole rings is 1. The molecule has 0 aliphatic carbocycles. The first kappa shape index (κ1) is 19.2. The molecule has 0 saturated carbocycles. The fourth-order valence-corrected chi connectivity index (χ4v) is 4.12. The Labute approximate surface area is 178 Å². The van der Waals surface area contributed by atoms with E-state index in [2.05, 4.69) is 9.88 Å². The Morgan fingerprint density at radius 3 is 2.42 bits per heavy atom. The van der Waals surface area contributed by atoms with Crippen molar-refractivity contribution in [2.24, 2.45) is 0 Å². The van der Waals surface area contributed by atoms with Gasteiger partial charge in [0.15, 0.2) is 5.65 Å². The van der Waals surface area contributed by atoms with Gasteiger partial charge in [-0.05, 0) is 67.8 Å². The van der Waals surface area contributed by atoms with Crippen LogP contribution in [0, 0.1) is 23.0 Å². The number of benzene rings is 2. The molecule has 0 radical (unpaired) electrons. The van der Waals surface area contributed by atoms with Crippen LogP contribution in [-0.4, -0.2) is 27.6 Å². The van der Waals surface area contributed by atoms with Crippen LogP contribution in [0.4, 0.5) is 14.5 Å². The van der Waals surface area contributed by atoms with Gasteiger partial charge in [-0.3, -0.25) is 4.57 Å². The molecule has 0 atom stereocenters. The summed E-state index contributed by atoms with van der Waals surface area (Å²) in [5.74, 6) is -0.468. The van der Waals surface area contributed by atoms with Crippen LogP contribution in [0.5, 0.6) is 0 Å². The van der Waals surface area contributed by atoms with Crippen molar-refractivity contribution >= 4 is 16.9 Å². The van der Waals surface area contributed by atoms with E-state index in [1.807, 2.05) is 16.7 Å². The predicted octanol–water partition coefficient (Wildman–Crippen LogP) is 5.23. The highest BCUT2D eigenvalue weighted by molar-refractivity contribution is 5.90. The lowest BCUT2D eigenvalue weighted by molar-refractivity contribution is 0.578. The number of nitrogens with zero attached hydrogens (tertiary/aromatic N) is 5. The van der Waals surface area contributed by atoms with E-state index in [9.17, 15) is 8.78 Å². The minimum atomic E-state index is -0.609. The molecular weight excluding hydrogens is 396 g/mol. The lowest BCUT2D eigenvalue weighted by Crippen LogP contribution is -2.29. The molecule has 0 N–H and O–H groups in total. The Balaban J connectivity index is 1.77. The van der Waals surface area contributed by atoms with E-state index < -0.39 is 5.82 Å². The van der Waals surface area contributed by atoms with Gasteiger partial charge in [-0.1, -0.05) is 0 Å². The summed E-state index contributed by atoms with van der Waals surface area (Å²) in [7, 11) is 0. The Hall–Kier alpha value is -3.79. The Morgan fingerprint density at radius 2 is 1.71 bits per heavy atom. The van der Waals surface area contributed by atoms with Crippen molar-refractivity contribution in [1.29, 1.82) is 5.26 Å². The van der Waals surface area contributed by atoms with Gasteiger partial charge in [0.2, 0.25) is 0 Å². The first-order valence-electron chi connectivity index (χ1n) is 10.2. The average molecular weight is 415 g/mol. The highest BCUT2D eigenvalue weighted by atomic mass is 19.1. The molecule has 0 spiro atoms. The van der Waals surface area contributed by atoms with Crippen molar-refractivity contribution < 1.29 is 8.78 Å². The lowest BCUT2D eigenvalue weighted by atomic mass is 10.1. The van der Waals surface area contributed by atoms with Gasteiger partial charge in [-0.2, -0.15) is 5.26 Å². The highest BCUT2D eigenvalue weighted by Gasteiger charge is 2.22. The number of rotatable bonds is 3. The third-order valence-electron chi connectivity index (χ3n) is 5.65. The number of halogens is 2. The van der Waals surface area contributed by atoms with E-state index in [1.54, 1.807) is 24.4 Å². The summed E-state index contributed by atoms with van der Waals surface area (Å²) in [5.41, 5.74) is 3.49. The molecular formula is C24H19F2N5. The van der Waals surface area contributed by atoms with Crippen LogP contribution in [0.1, 0.15) is 24.8 Å². The minimum Gasteiger partial charge on any atom is -0.370 e. The van der Waals surface area contributed by atoms with Crippen LogP contribution in [-0.2, 0) is 0 Å². The van der Waals surface area contributed by atoms with Gasteiger partial charge in [0, 0.05) is 30.5 Å². The molecule has 2 aromatic carbocycles. The molecule has 2 aromatic heterocycles.